The van der Waals surface area contributed by atoms with Crippen molar-refractivity contribution in [1.82, 2.24) is 0 Å². The number of halogens is 1. The average molecular weight is 302 g/mol. The van der Waals surface area contributed by atoms with E-state index in [1.807, 2.05) is 0 Å². The Labute approximate surface area is 115 Å². The monoisotopic (exact) mass is 301 g/mol. The van der Waals surface area contributed by atoms with E-state index in [0.29, 0.717) is 10.9 Å². The van der Waals surface area contributed by atoms with Crippen LogP contribution in [0.2, 0.25) is 0 Å². The van der Waals surface area contributed by atoms with Gasteiger partial charge in [-0.1, -0.05) is 60.9 Å². The summed E-state index contributed by atoms with van der Waals surface area (Å²) >= 11 is 3.82. The minimum atomic E-state index is 0.420. The third-order valence-electron chi connectivity index (χ3n) is 4.15. The maximum Gasteiger partial charge on any atom is 0.0762 e. The highest BCUT2D eigenvalue weighted by atomic mass is 79.9. The lowest BCUT2D eigenvalue weighted by atomic mass is 9.85. The first-order valence-corrected chi connectivity index (χ1v) is 8.40. The molecule has 0 spiro atoms. The van der Waals surface area contributed by atoms with Crippen molar-refractivity contribution < 1.29 is 4.74 Å². The molecule has 0 aromatic carbocycles. The van der Waals surface area contributed by atoms with Gasteiger partial charge in [-0.25, -0.2) is 0 Å². The van der Waals surface area contributed by atoms with Crippen molar-refractivity contribution in [3.05, 3.63) is 5.92 Å². The molecule has 0 bridgehead atoms. The van der Waals surface area contributed by atoms with Crippen LogP contribution in [0.3, 0.4) is 0 Å². The van der Waals surface area contributed by atoms with Crippen LogP contribution in [0.5, 0.6) is 0 Å². The summed E-state index contributed by atoms with van der Waals surface area (Å²) in [6.07, 6.45) is 15.5. The molecule has 2 atom stereocenters. The van der Waals surface area contributed by atoms with Gasteiger partial charge in [-0.2, -0.15) is 0 Å². The van der Waals surface area contributed by atoms with E-state index in [4.69, 9.17) is 4.74 Å². The second kappa shape index (κ2) is 7.78. The Morgan fingerprint density at radius 1 is 0.824 bits per heavy atom. The molecule has 0 amide bonds. The molecule has 1 aliphatic heterocycles. The number of alkyl halides is 1. The molecule has 1 aliphatic carbocycles. The fraction of sp³-hybridized carbons (Fsp3) is 0.933. The summed E-state index contributed by atoms with van der Waals surface area (Å²) in [7, 11) is 0. The molecule has 1 radical (unpaired) electrons. The zero-order chi connectivity index (χ0) is 11.9. The first kappa shape index (κ1) is 13.9. The van der Waals surface area contributed by atoms with Crippen LogP contribution in [0.4, 0.5) is 0 Å². The molecule has 2 heteroatoms. The summed E-state index contributed by atoms with van der Waals surface area (Å²) in [4.78, 5) is 0.578. The molecule has 2 fully saturated rings. The number of hydrogen-bond acceptors (Lipinski definition) is 1. The molecule has 1 nitrogen and oxygen atoms in total. The Balaban J connectivity index is 1.85. The van der Waals surface area contributed by atoms with Crippen LogP contribution in [0.1, 0.15) is 70.6 Å². The molecular weight excluding hydrogens is 276 g/mol. The van der Waals surface area contributed by atoms with Crippen LogP contribution >= 0.6 is 15.9 Å². The summed E-state index contributed by atoms with van der Waals surface area (Å²) < 4.78 is 6.01. The second-order valence-electron chi connectivity index (χ2n) is 5.58. The summed E-state index contributed by atoms with van der Waals surface area (Å²) in [5.41, 5.74) is 0. The zero-order valence-corrected chi connectivity index (χ0v) is 12.5. The van der Waals surface area contributed by atoms with E-state index in [2.05, 4.69) is 15.9 Å². The standard InChI is InChI=1S/C15H26BrO/c16-14-11-8-12-17-15(14)13-9-6-4-2-1-3-5-7-10-13/h14-15H,1-12H2. The smallest absolute Gasteiger partial charge is 0.0762 e. The number of hydrogen-bond donors (Lipinski definition) is 0. The molecule has 2 unspecified atom stereocenters. The molecule has 0 aromatic rings. The van der Waals surface area contributed by atoms with E-state index >= 15 is 0 Å². The van der Waals surface area contributed by atoms with Crippen LogP contribution in [-0.2, 0) is 4.74 Å². The van der Waals surface area contributed by atoms with Crippen molar-refractivity contribution in [1.29, 1.82) is 0 Å². The lowest BCUT2D eigenvalue weighted by molar-refractivity contribution is 0.0259. The molecule has 1 saturated carbocycles. The summed E-state index contributed by atoms with van der Waals surface area (Å²) in [5.74, 6) is 1.70. The molecule has 0 N–H and O–H groups in total. The molecule has 2 aliphatic rings. The van der Waals surface area contributed by atoms with Gasteiger partial charge >= 0.3 is 0 Å². The van der Waals surface area contributed by atoms with Crippen LogP contribution in [0, 0.1) is 5.92 Å². The van der Waals surface area contributed by atoms with Gasteiger partial charge in [0, 0.05) is 17.4 Å². The zero-order valence-electron chi connectivity index (χ0n) is 10.9. The van der Waals surface area contributed by atoms with E-state index in [1.54, 1.807) is 5.92 Å². The van der Waals surface area contributed by atoms with E-state index in [9.17, 15) is 0 Å². The fourth-order valence-electron chi connectivity index (χ4n) is 3.12. The first-order chi connectivity index (χ1) is 8.38. The average Bonchev–Trinajstić information content (AvgIpc) is 2.37. The van der Waals surface area contributed by atoms with E-state index in [0.717, 1.165) is 6.61 Å². The van der Waals surface area contributed by atoms with Gasteiger partial charge in [0.25, 0.3) is 0 Å². The SMILES string of the molecule is BrC1CCCOC1[C]1CCCCCCCCC1. The number of rotatable bonds is 1. The second-order valence-corrected chi connectivity index (χ2v) is 6.76. The van der Waals surface area contributed by atoms with Gasteiger partial charge in [0.1, 0.15) is 0 Å². The molecule has 17 heavy (non-hydrogen) atoms. The van der Waals surface area contributed by atoms with Gasteiger partial charge < -0.3 is 4.74 Å². The van der Waals surface area contributed by atoms with Crippen molar-refractivity contribution >= 4 is 15.9 Å². The highest BCUT2D eigenvalue weighted by Gasteiger charge is 2.31. The van der Waals surface area contributed by atoms with Crippen molar-refractivity contribution in [3.63, 3.8) is 0 Å². The van der Waals surface area contributed by atoms with Crippen LogP contribution in [0.15, 0.2) is 0 Å². The molecule has 1 saturated heterocycles. The third kappa shape index (κ3) is 4.55. The van der Waals surface area contributed by atoms with Crippen molar-refractivity contribution in [2.24, 2.45) is 0 Å². The number of ether oxygens (including phenoxy) is 1. The highest BCUT2D eigenvalue weighted by molar-refractivity contribution is 9.09. The largest absolute Gasteiger partial charge is 0.376 e. The molecular formula is C15H26BrO. The van der Waals surface area contributed by atoms with Gasteiger partial charge in [-0.15, -0.1) is 0 Å². The van der Waals surface area contributed by atoms with Gasteiger partial charge in [0.15, 0.2) is 0 Å². The Hall–Kier alpha value is 0.440. The lowest BCUT2D eigenvalue weighted by Gasteiger charge is -2.34. The van der Waals surface area contributed by atoms with Crippen molar-refractivity contribution in [2.75, 3.05) is 6.61 Å². The van der Waals surface area contributed by atoms with Crippen LogP contribution in [0.25, 0.3) is 0 Å². The molecule has 1 heterocycles. The fourth-order valence-corrected chi connectivity index (χ4v) is 3.97. The Kier molecular flexibility index (Phi) is 6.35. The lowest BCUT2D eigenvalue weighted by Crippen LogP contribution is -2.35. The van der Waals surface area contributed by atoms with Crippen LogP contribution < -0.4 is 0 Å². The summed E-state index contributed by atoms with van der Waals surface area (Å²) in [6.45, 7) is 0.969. The predicted octanol–water partition coefficient (Wildman–Crippen LogP) is 5.03. The van der Waals surface area contributed by atoms with E-state index < -0.39 is 0 Å². The van der Waals surface area contributed by atoms with Gasteiger partial charge in [0.05, 0.1) is 6.10 Å². The molecule has 2 rings (SSSR count). The third-order valence-corrected chi connectivity index (χ3v) is 5.09. The predicted molar refractivity (Wildman–Crippen MR) is 76.5 cm³/mol. The Morgan fingerprint density at radius 2 is 1.41 bits per heavy atom. The maximum absolute atomic E-state index is 6.01. The Bertz CT molecular complexity index is 197. The highest BCUT2D eigenvalue weighted by Crippen LogP contribution is 2.34. The van der Waals surface area contributed by atoms with Gasteiger partial charge in [0.2, 0.25) is 0 Å². The Morgan fingerprint density at radius 3 is 2.00 bits per heavy atom. The van der Waals surface area contributed by atoms with Gasteiger partial charge in [-0.05, 0) is 25.7 Å². The molecule has 0 aromatic heterocycles. The molecule has 99 valence electrons. The van der Waals surface area contributed by atoms with Crippen LogP contribution in [-0.4, -0.2) is 17.5 Å². The first-order valence-electron chi connectivity index (χ1n) is 7.48. The van der Waals surface area contributed by atoms with Crippen molar-refractivity contribution in [3.8, 4) is 0 Å². The minimum Gasteiger partial charge on any atom is -0.376 e. The van der Waals surface area contributed by atoms with Crippen molar-refractivity contribution in [2.45, 2.75) is 81.6 Å². The summed E-state index contributed by atoms with van der Waals surface area (Å²) in [6, 6.07) is 0. The summed E-state index contributed by atoms with van der Waals surface area (Å²) in [5, 5.41) is 0. The van der Waals surface area contributed by atoms with E-state index in [-0.39, 0.29) is 0 Å². The quantitative estimate of drug-likeness (QED) is 0.617. The van der Waals surface area contributed by atoms with E-state index in [1.165, 1.54) is 70.6 Å². The normalized spacial score (nSPS) is 34.4. The topological polar surface area (TPSA) is 9.23 Å². The van der Waals surface area contributed by atoms with Gasteiger partial charge in [-0.3, -0.25) is 0 Å². The minimum absolute atomic E-state index is 0.420. The maximum atomic E-state index is 6.01.